The van der Waals surface area contributed by atoms with Crippen LogP contribution in [-0.4, -0.2) is 28.8 Å². The molecule has 0 atom stereocenters. The van der Waals surface area contributed by atoms with Gasteiger partial charge in [-0.25, -0.2) is 0 Å². The van der Waals surface area contributed by atoms with Crippen molar-refractivity contribution >= 4 is 5.91 Å². The molecule has 0 saturated carbocycles. The van der Waals surface area contributed by atoms with Crippen molar-refractivity contribution < 1.29 is 28.2 Å². The Kier molecular flexibility index (Phi) is 4.41. The number of phenols is 2. The summed E-state index contributed by atoms with van der Waals surface area (Å²) in [7, 11) is 0. The molecule has 1 rings (SSSR count). The van der Waals surface area contributed by atoms with Crippen LogP contribution in [0.4, 0.5) is 13.2 Å². The first-order valence-electron chi connectivity index (χ1n) is 5.17. The molecule has 0 heterocycles. The van der Waals surface area contributed by atoms with Crippen LogP contribution in [0.1, 0.15) is 23.2 Å². The number of halogens is 3. The van der Waals surface area contributed by atoms with Gasteiger partial charge in [0.2, 0.25) is 0 Å². The van der Waals surface area contributed by atoms with Crippen LogP contribution in [0.5, 0.6) is 11.5 Å². The number of amides is 1. The van der Waals surface area contributed by atoms with Gasteiger partial charge in [0, 0.05) is 13.0 Å². The predicted molar refractivity (Wildman–Crippen MR) is 57.4 cm³/mol. The van der Waals surface area contributed by atoms with E-state index in [0.29, 0.717) is 0 Å². The summed E-state index contributed by atoms with van der Waals surface area (Å²) < 4.78 is 35.5. The van der Waals surface area contributed by atoms with Crippen molar-refractivity contribution in [3.05, 3.63) is 23.8 Å². The van der Waals surface area contributed by atoms with Gasteiger partial charge in [-0.05, 0) is 18.6 Å². The molecule has 0 unspecified atom stereocenters. The second kappa shape index (κ2) is 5.61. The molecule has 0 aliphatic carbocycles. The van der Waals surface area contributed by atoms with Gasteiger partial charge in [-0.15, -0.1) is 0 Å². The molecule has 0 spiro atoms. The molecule has 0 aliphatic heterocycles. The topological polar surface area (TPSA) is 69.6 Å². The van der Waals surface area contributed by atoms with Crippen LogP contribution in [0.25, 0.3) is 0 Å². The van der Waals surface area contributed by atoms with E-state index >= 15 is 0 Å². The summed E-state index contributed by atoms with van der Waals surface area (Å²) in [5.74, 6) is -1.67. The fourth-order valence-corrected chi connectivity index (χ4v) is 1.34. The number of hydrogen-bond donors (Lipinski definition) is 3. The Labute approximate surface area is 101 Å². The molecule has 3 N–H and O–H groups in total. The van der Waals surface area contributed by atoms with E-state index in [4.69, 9.17) is 0 Å². The minimum atomic E-state index is -4.26. The van der Waals surface area contributed by atoms with Gasteiger partial charge in [0.25, 0.3) is 5.91 Å². The number of carbonyl (C=O) groups excluding carboxylic acids is 1. The first-order valence-corrected chi connectivity index (χ1v) is 5.17. The van der Waals surface area contributed by atoms with Crippen LogP contribution < -0.4 is 5.32 Å². The maximum absolute atomic E-state index is 11.8. The van der Waals surface area contributed by atoms with Gasteiger partial charge in [-0.2, -0.15) is 13.2 Å². The molecule has 7 heteroatoms. The molecule has 1 aromatic carbocycles. The van der Waals surface area contributed by atoms with Crippen LogP contribution in [0, 0.1) is 0 Å². The minimum Gasteiger partial charge on any atom is -0.507 e. The molecule has 0 fully saturated rings. The fraction of sp³-hybridized carbons (Fsp3) is 0.364. The molecule has 0 radical (unpaired) electrons. The molecule has 1 aromatic rings. The zero-order chi connectivity index (χ0) is 13.8. The Bertz CT molecular complexity index is 412. The van der Waals surface area contributed by atoms with Crippen molar-refractivity contribution in [1.82, 2.24) is 5.32 Å². The first-order chi connectivity index (χ1) is 8.31. The average molecular weight is 263 g/mol. The predicted octanol–water partition coefficient (Wildman–Crippen LogP) is 2.17. The second-order valence-electron chi connectivity index (χ2n) is 3.65. The van der Waals surface area contributed by atoms with E-state index in [-0.39, 0.29) is 18.5 Å². The summed E-state index contributed by atoms with van der Waals surface area (Å²) in [4.78, 5) is 11.5. The third-order valence-electron chi connectivity index (χ3n) is 2.17. The summed E-state index contributed by atoms with van der Waals surface area (Å²) in [6, 6.07) is 3.74. The van der Waals surface area contributed by atoms with Gasteiger partial charge < -0.3 is 15.5 Å². The number of hydrogen-bond acceptors (Lipinski definition) is 3. The monoisotopic (exact) mass is 263 g/mol. The standard InChI is InChI=1S/C11H12F3NO3/c12-11(13,14)5-2-6-15-10(18)9-7(16)3-1-4-8(9)17/h1,3-4,16-17H,2,5-6H2,(H,15,18). The van der Waals surface area contributed by atoms with Crippen LogP contribution in [0.15, 0.2) is 18.2 Å². The maximum atomic E-state index is 11.8. The van der Waals surface area contributed by atoms with Gasteiger partial charge >= 0.3 is 6.18 Å². The molecule has 0 aliphatic rings. The Hall–Kier alpha value is -1.92. The van der Waals surface area contributed by atoms with Crippen molar-refractivity contribution in [3.8, 4) is 11.5 Å². The van der Waals surface area contributed by atoms with Gasteiger partial charge in [0.05, 0.1) is 0 Å². The zero-order valence-corrected chi connectivity index (χ0v) is 9.29. The molecule has 18 heavy (non-hydrogen) atoms. The van der Waals surface area contributed by atoms with E-state index in [2.05, 4.69) is 5.32 Å². The molecule has 100 valence electrons. The number of nitrogens with one attached hydrogen (secondary N) is 1. The summed E-state index contributed by atoms with van der Waals surface area (Å²) in [6.45, 7) is -0.188. The molecule has 4 nitrogen and oxygen atoms in total. The minimum absolute atomic E-state index is 0.188. The normalized spacial score (nSPS) is 11.3. The van der Waals surface area contributed by atoms with Crippen LogP contribution in [-0.2, 0) is 0 Å². The van der Waals surface area contributed by atoms with E-state index in [1.54, 1.807) is 0 Å². The zero-order valence-electron chi connectivity index (χ0n) is 9.29. The van der Waals surface area contributed by atoms with Gasteiger partial charge in [-0.3, -0.25) is 4.79 Å². The van der Waals surface area contributed by atoms with Crippen molar-refractivity contribution in [1.29, 1.82) is 0 Å². The largest absolute Gasteiger partial charge is 0.507 e. The van der Waals surface area contributed by atoms with Crippen molar-refractivity contribution in [2.45, 2.75) is 19.0 Å². The number of rotatable bonds is 4. The SMILES string of the molecule is O=C(NCCCC(F)(F)F)c1c(O)cccc1O. The number of phenolic OH excluding ortho intramolecular Hbond substituents is 2. The highest BCUT2D eigenvalue weighted by atomic mass is 19.4. The van der Waals surface area contributed by atoms with Gasteiger partial charge in [0.15, 0.2) is 0 Å². The van der Waals surface area contributed by atoms with E-state index < -0.39 is 30.0 Å². The van der Waals surface area contributed by atoms with Crippen molar-refractivity contribution in [2.75, 3.05) is 6.54 Å². The quantitative estimate of drug-likeness (QED) is 0.729. The molecular formula is C11H12F3NO3. The highest BCUT2D eigenvalue weighted by molar-refractivity contribution is 5.99. The van der Waals surface area contributed by atoms with Crippen LogP contribution >= 0.6 is 0 Å². The lowest BCUT2D eigenvalue weighted by Gasteiger charge is -2.09. The van der Waals surface area contributed by atoms with E-state index in [1.807, 2.05) is 0 Å². The highest BCUT2D eigenvalue weighted by Gasteiger charge is 2.26. The Morgan fingerprint density at radius 2 is 1.78 bits per heavy atom. The number of alkyl halides is 3. The smallest absolute Gasteiger partial charge is 0.389 e. The van der Waals surface area contributed by atoms with Crippen LogP contribution in [0.2, 0.25) is 0 Å². The number of carbonyl (C=O) groups is 1. The summed E-state index contributed by atoms with van der Waals surface area (Å²) >= 11 is 0. The average Bonchev–Trinajstić information content (AvgIpc) is 2.23. The lowest BCUT2D eigenvalue weighted by atomic mass is 10.1. The maximum Gasteiger partial charge on any atom is 0.389 e. The van der Waals surface area contributed by atoms with E-state index in [9.17, 15) is 28.2 Å². The Morgan fingerprint density at radius 3 is 2.28 bits per heavy atom. The first kappa shape index (κ1) is 14.1. The molecule has 1 amide bonds. The third-order valence-corrected chi connectivity index (χ3v) is 2.17. The second-order valence-corrected chi connectivity index (χ2v) is 3.65. The third kappa shape index (κ3) is 4.15. The lowest BCUT2D eigenvalue weighted by molar-refractivity contribution is -0.135. The van der Waals surface area contributed by atoms with Gasteiger partial charge in [0.1, 0.15) is 17.1 Å². The molecule has 0 bridgehead atoms. The van der Waals surface area contributed by atoms with Crippen molar-refractivity contribution in [2.24, 2.45) is 0 Å². The van der Waals surface area contributed by atoms with Crippen molar-refractivity contribution in [3.63, 3.8) is 0 Å². The number of aromatic hydroxyl groups is 2. The number of benzene rings is 1. The van der Waals surface area contributed by atoms with Crippen LogP contribution in [0.3, 0.4) is 0 Å². The van der Waals surface area contributed by atoms with E-state index in [0.717, 1.165) is 0 Å². The molecular weight excluding hydrogens is 251 g/mol. The fourth-order valence-electron chi connectivity index (χ4n) is 1.34. The Morgan fingerprint density at radius 1 is 1.22 bits per heavy atom. The summed E-state index contributed by atoms with van der Waals surface area (Å²) in [6.07, 6.45) is -5.52. The molecule has 0 saturated heterocycles. The lowest BCUT2D eigenvalue weighted by Crippen LogP contribution is -2.25. The van der Waals surface area contributed by atoms with E-state index in [1.165, 1.54) is 18.2 Å². The Balaban J connectivity index is 2.51. The van der Waals surface area contributed by atoms with Gasteiger partial charge in [-0.1, -0.05) is 6.07 Å². The highest BCUT2D eigenvalue weighted by Crippen LogP contribution is 2.26. The summed E-state index contributed by atoms with van der Waals surface area (Å²) in [5, 5.41) is 20.9. The molecule has 0 aromatic heterocycles. The summed E-state index contributed by atoms with van der Waals surface area (Å²) in [5.41, 5.74) is -0.343.